The number of hydrogen-bond donors (Lipinski definition) is 0. The van der Waals surface area contributed by atoms with Gasteiger partial charge >= 0.3 is 0 Å². The fourth-order valence-corrected chi connectivity index (χ4v) is 9.29. The first-order chi connectivity index (χ1) is 16.7. The number of fused-ring (bicyclic) bond motifs is 1. The first-order valence-electron chi connectivity index (χ1n) is 15.0. The predicted molar refractivity (Wildman–Crippen MR) is 144 cm³/mol. The number of aryl methyl sites for hydroxylation is 1. The van der Waals surface area contributed by atoms with E-state index in [0.717, 1.165) is 17.8 Å². The number of rotatable bonds is 4. The minimum atomic E-state index is 0.305. The molecule has 2 heteroatoms. The maximum Gasteiger partial charge on any atom is 0.0865 e. The van der Waals surface area contributed by atoms with Gasteiger partial charge in [0, 0.05) is 17.3 Å². The first-order valence-corrected chi connectivity index (χ1v) is 15.0. The molecule has 1 aromatic carbocycles. The Labute approximate surface area is 209 Å². The Morgan fingerprint density at radius 1 is 0.735 bits per heavy atom. The van der Waals surface area contributed by atoms with Crippen LogP contribution in [0, 0.1) is 24.7 Å². The second-order valence-corrected chi connectivity index (χ2v) is 12.6. The van der Waals surface area contributed by atoms with Gasteiger partial charge in [-0.25, -0.2) is 0 Å². The molecule has 186 valence electrons. The third-order valence-electron chi connectivity index (χ3n) is 10.8. The van der Waals surface area contributed by atoms with E-state index >= 15 is 0 Å². The Morgan fingerprint density at radius 3 is 1.88 bits per heavy atom. The van der Waals surface area contributed by atoms with Gasteiger partial charge in [0.1, 0.15) is 0 Å². The summed E-state index contributed by atoms with van der Waals surface area (Å²) in [7, 11) is 0. The van der Waals surface area contributed by atoms with Gasteiger partial charge in [0.25, 0.3) is 0 Å². The molecule has 1 aromatic rings. The van der Waals surface area contributed by atoms with Crippen LogP contribution in [-0.2, 0) is 0 Å². The number of para-hydroxylation sites is 1. The summed E-state index contributed by atoms with van der Waals surface area (Å²) in [6.45, 7) is 4.89. The highest BCUT2D eigenvalue weighted by molar-refractivity contribution is 5.57. The maximum absolute atomic E-state index is 3.20. The zero-order chi connectivity index (χ0) is 23.1. The molecule has 5 aliphatic rings. The summed E-state index contributed by atoms with van der Waals surface area (Å²) in [4.78, 5) is 6.13. The summed E-state index contributed by atoms with van der Waals surface area (Å²) in [5.41, 5.74) is 3.27. The fraction of sp³-hybridized carbons (Fsp3) is 0.750. The lowest BCUT2D eigenvalue weighted by Crippen LogP contribution is -2.62. The molecule has 1 saturated heterocycles. The highest BCUT2D eigenvalue weighted by atomic mass is 15.5. The Morgan fingerprint density at radius 2 is 1.29 bits per heavy atom. The number of anilines is 1. The largest absolute Gasteiger partial charge is 0.351 e. The van der Waals surface area contributed by atoms with Crippen molar-refractivity contribution in [2.24, 2.45) is 17.8 Å². The van der Waals surface area contributed by atoms with E-state index in [9.17, 15) is 0 Å². The van der Waals surface area contributed by atoms with Crippen LogP contribution in [0.15, 0.2) is 36.4 Å². The average Bonchev–Trinajstić information content (AvgIpc) is 3.43. The van der Waals surface area contributed by atoms with E-state index in [1.807, 2.05) is 0 Å². The lowest BCUT2D eigenvalue weighted by atomic mass is 9.63. The lowest BCUT2D eigenvalue weighted by Gasteiger charge is -2.55. The second kappa shape index (κ2) is 9.64. The molecule has 0 bridgehead atoms. The van der Waals surface area contributed by atoms with Crippen LogP contribution in [0.5, 0.6) is 0 Å². The Kier molecular flexibility index (Phi) is 6.56. The summed E-state index contributed by atoms with van der Waals surface area (Å²) in [6, 6.07) is 10.4. The van der Waals surface area contributed by atoms with Crippen molar-refractivity contribution in [3.63, 3.8) is 0 Å². The van der Waals surface area contributed by atoms with Crippen LogP contribution in [0.25, 0.3) is 0 Å². The van der Waals surface area contributed by atoms with E-state index in [0.29, 0.717) is 23.8 Å². The minimum absolute atomic E-state index is 0.305. The third kappa shape index (κ3) is 3.69. The van der Waals surface area contributed by atoms with Crippen molar-refractivity contribution in [2.45, 2.75) is 134 Å². The molecule has 0 amide bonds. The zero-order valence-corrected chi connectivity index (χ0v) is 21.9. The molecule has 2 unspecified atom stereocenters. The van der Waals surface area contributed by atoms with Crippen molar-refractivity contribution in [1.82, 2.24) is 4.90 Å². The molecule has 3 atom stereocenters. The van der Waals surface area contributed by atoms with Gasteiger partial charge in [-0.3, -0.25) is 4.90 Å². The standard InChI is InChI=1S/C32H48N2/c1-24-14-12-13-21-29(24)33-25(2)30-22-23-32(27-17-8-4-9-18-27,28-19-10-5-11-20-28)34(30)31(33)26-15-6-3-7-16-26/h12-14,21-23,25-28,30-31H,3-11,15-20H2,1-2H3/t25-,30?,31?/m0/s1. The van der Waals surface area contributed by atoms with Gasteiger partial charge in [0.15, 0.2) is 0 Å². The summed E-state index contributed by atoms with van der Waals surface area (Å²) in [6.07, 6.45) is 27.8. The van der Waals surface area contributed by atoms with Crippen molar-refractivity contribution in [2.75, 3.05) is 4.90 Å². The molecule has 0 spiro atoms. The van der Waals surface area contributed by atoms with Crippen molar-refractivity contribution in [3.8, 4) is 0 Å². The molecule has 0 aromatic heterocycles. The van der Waals surface area contributed by atoms with Crippen molar-refractivity contribution in [3.05, 3.63) is 42.0 Å². The van der Waals surface area contributed by atoms with Crippen molar-refractivity contribution >= 4 is 5.69 Å². The zero-order valence-electron chi connectivity index (χ0n) is 21.9. The molecule has 3 aliphatic carbocycles. The van der Waals surface area contributed by atoms with Gasteiger partial charge in [-0.2, -0.15) is 0 Å². The van der Waals surface area contributed by atoms with E-state index in [1.54, 1.807) is 0 Å². The molecular weight excluding hydrogens is 412 g/mol. The predicted octanol–water partition coefficient (Wildman–Crippen LogP) is 8.25. The molecule has 2 heterocycles. The normalized spacial score (nSPS) is 33.5. The molecule has 2 nitrogen and oxygen atoms in total. The minimum Gasteiger partial charge on any atom is -0.351 e. The topological polar surface area (TPSA) is 6.48 Å². The van der Waals surface area contributed by atoms with Gasteiger partial charge < -0.3 is 4.90 Å². The monoisotopic (exact) mass is 460 g/mol. The third-order valence-corrected chi connectivity index (χ3v) is 10.8. The second-order valence-electron chi connectivity index (χ2n) is 12.6. The summed E-state index contributed by atoms with van der Waals surface area (Å²) in [5, 5.41) is 0. The SMILES string of the molecule is Cc1ccccc1N1C(C2CCCCC2)N2C(C=CC2(C2CCCCC2)C2CCCCC2)[C@@H]1C. The van der Waals surface area contributed by atoms with Crippen LogP contribution in [0.1, 0.15) is 109 Å². The van der Waals surface area contributed by atoms with E-state index in [4.69, 9.17) is 0 Å². The van der Waals surface area contributed by atoms with Crippen LogP contribution in [0.4, 0.5) is 5.69 Å². The van der Waals surface area contributed by atoms with E-state index in [-0.39, 0.29) is 0 Å². The summed E-state index contributed by atoms with van der Waals surface area (Å²) < 4.78 is 0. The summed E-state index contributed by atoms with van der Waals surface area (Å²) >= 11 is 0. The molecule has 2 aliphatic heterocycles. The van der Waals surface area contributed by atoms with Crippen molar-refractivity contribution < 1.29 is 0 Å². The van der Waals surface area contributed by atoms with Gasteiger partial charge in [-0.1, -0.05) is 88.1 Å². The first kappa shape index (κ1) is 23.1. The van der Waals surface area contributed by atoms with Gasteiger partial charge in [0.05, 0.1) is 12.2 Å². The number of hydrogen-bond acceptors (Lipinski definition) is 2. The fourth-order valence-electron chi connectivity index (χ4n) is 9.29. The lowest BCUT2D eigenvalue weighted by molar-refractivity contribution is -0.0362. The highest BCUT2D eigenvalue weighted by Crippen LogP contribution is 2.56. The molecule has 0 N–H and O–H groups in total. The molecule has 6 rings (SSSR count). The molecule has 3 saturated carbocycles. The van der Waals surface area contributed by atoms with Gasteiger partial charge in [0.2, 0.25) is 0 Å². The Balaban J connectivity index is 1.47. The molecular formula is C32H48N2. The smallest absolute Gasteiger partial charge is 0.0865 e. The number of nitrogens with zero attached hydrogens (tertiary/aromatic N) is 2. The van der Waals surface area contributed by atoms with Crippen LogP contribution in [0.2, 0.25) is 0 Å². The quantitative estimate of drug-likeness (QED) is 0.417. The molecule has 34 heavy (non-hydrogen) atoms. The number of benzene rings is 1. The summed E-state index contributed by atoms with van der Waals surface area (Å²) in [5.74, 6) is 2.54. The highest BCUT2D eigenvalue weighted by Gasteiger charge is 2.61. The maximum atomic E-state index is 3.20. The van der Waals surface area contributed by atoms with E-state index < -0.39 is 0 Å². The van der Waals surface area contributed by atoms with Crippen LogP contribution >= 0.6 is 0 Å². The van der Waals surface area contributed by atoms with Crippen LogP contribution in [0.3, 0.4) is 0 Å². The van der Waals surface area contributed by atoms with Gasteiger partial charge in [-0.05, 0) is 81.8 Å². The van der Waals surface area contributed by atoms with Crippen molar-refractivity contribution in [1.29, 1.82) is 0 Å². The van der Waals surface area contributed by atoms with E-state index in [1.165, 1.54) is 108 Å². The van der Waals surface area contributed by atoms with Crippen LogP contribution < -0.4 is 4.90 Å². The molecule has 4 fully saturated rings. The van der Waals surface area contributed by atoms with Gasteiger partial charge in [-0.15, -0.1) is 0 Å². The van der Waals surface area contributed by atoms with E-state index in [2.05, 4.69) is 60.1 Å². The average molecular weight is 461 g/mol. The Hall–Kier alpha value is -1.28. The Bertz CT molecular complexity index is 838. The molecule has 0 radical (unpaired) electrons. The van der Waals surface area contributed by atoms with Crippen LogP contribution in [-0.4, -0.2) is 28.7 Å².